The van der Waals surface area contributed by atoms with Gasteiger partial charge in [0.1, 0.15) is 5.82 Å². The Morgan fingerprint density at radius 1 is 1.57 bits per heavy atom. The molecule has 78 valence electrons. The van der Waals surface area contributed by atoms with Gasteiger partial charge in [-0.05, 0) is 24.8 Å². The van der Waals surface area contributed by atoms with Gasteiger partial charge in [-0.25, -0.2) is 4.98 Å². The van der Waals surface area contributed by atoms with E-state index in [1.807, 2.05) is 6.20 Å². The number of nitrogens with two attached hydrogens (primary N) is 1. The molecule has 1 aliphatic carbocycles. The normalized spacial score (nSPS) is 29.1. The van der Waals surface area contributed by atoms with Gasteiger partial charge < -0.3 is 10.3 Å². The van der Waals surface area contributed by atoms with Crippen LogP contribution >= 0.6 is 0 Å². The molecule has 14 heavy (non-hydrogen) atoms. The van der Waals surface area contributed by atoms with Gasteiger partial charge in [-0.3, -0.25) is 0 Å². The van der Waals surface area contributed by atoms with E-state index < -0.39 is 0 Å². The fourth-order valence-corrected chi connectivity index (χ4v) is 2.56. The first-order valence-corrected chi connectivity index (χ1v) is 5.34. The Kier molecular flexibility index (Phi) is 2.14. The lowest BCUT2D eigenvalue weighted by Crippen LogP contribution is -2.06. The summed E-state index contributed by atoms with van der Waals surface area (Å²) < 4.78 is 2.22. The van der Waals surface area contributed by atoms with Crippen LogP contribution < -0.4 is 5.73 Å². The lowest BCUT2D eigenvalue weighted by molar-refractivity contribution is 0.550. The van der Waals surface area contributed by atoms with Gasteiger partial charge >= 0.3 is 0 Å². The number of hydrogen-bond acceptors (Lipinski definition) is 2. The van der Waals surface area contributed by atoms with Gasteiger partial charge in [0.25, 0.3) is 0 Å². The van der Waals surface area contributed by atoms with Gasteiger partial charge in [-0.2, -0.15) is 0 Å². The van der Waals surface area contributed by atoms with E-state index in [9.17, 15) is 0 Å². The lowest BCUT2D eigenvalue weighted by Gasteiger charge is -2.05. The van der Waals surface area contributed by atoms with E-state index in [1.54, 1.807) is 0 Å². The average Bonchev–Trinajstić information content (AvgIpc) is 2.55. The first-order valence-electron chi connectivity index (χ1n) is 5.34. The summed E-state index contributed by atoms with van der Waals surface area (Å²) in [7, 11) is 0. The minimum atomic E-state index is 0.340. The molecule has 1 aromatic heterocycles. The van der Waals surface area contributed by atoms with Crippen LogP contribution in [-0.4, -0.2) is 16.1 Å². The molecule has 1 aliphatic rings. The molecule has 3 nitrogen and oxygen atoms in total. The Labute approximate surface area is 85.3 Å². The zero-order valence-electron chi connectivity index (χ0n) is 9.20. The van der Waals surface area contributed by atoms with Crippen molar-refractivity contribution in [1.29, 1.82) is 0 Å². The molecule has 1 aromatic rings. The summed E-state index contributed by atoms with van der Waals surface area (Å²) in [5.74, 6) is 2.38. The fourth-order valence-electron chi connectivity index (χ4n) is 2.56. The second-order valence-electron chi connectivity index (χ2n) is 4.71. The highest BCUT2D eigenvalue weighted by molar-refractivity contribution is 5.22. The minimum Gasteiger partial charge on any atom is -0.335 e. The third-order valence-electron chi connectivity index (χ3n) is 3.67. The van der Waals surface area contributed by atoms with Crippen LogP contribution in [0.5, 0.6) is 0 Å². The van der Waals surface area contributed by atoms with Crippen molar-refractivity contribution in [3.05, 3.63) is 18.2 Å². The van der Waals surface area contributed by atoms with Crippen LogP contribution in [0.2, 0.25) is 0 Å². The van der Waals surface area contributed by atoms with Crippen LogP contribution in [0.15, 0.2) is 12.4 Å². The lowest BCUT2D eigenvalue weighted by atomic mass is 10.1. The molecule has 1 fully saturated rings. The summed E-state index contributed by atoms with van der Waals surface area (Å²) in [6, 6.07) is 0. The molecule has 0 radical (unpaired) electrons. The summed E-state index contributed by atoms with van der Waals surface area (Å²) in [4.78, 5) is 4.45. The molecule has 0 aliphatic heterocycles. The smallest absolute Gasteiger partial charge is 0.112 e. The number of hydrogen-bond donors (Lipinski definition) is 1. The van der Waals surface area contributed by atoms with Crippen molar-refractivity contribution in [2.45, 2.75) is 33.2 Å². The van der Waals surface area contributed by atoms with Gasteiger partial charge in [0.05, 0.1) is 0 Å². The van der Waals surface area contributed by atoms with Crippen molar-refractivity contribution in [2.75, 3.05) is 6.54 Å². The largest absolute Gasteiger partial charge is 0.335 e. The monoisotopic (exact) mass is 193 g/mol. The second-order valence-corrected chi connectivity index (χ2v) is 4.71. The van der Waals surface area contributed by atoms with Crippen LogP contribution in [-0.2, 0) is 6.54 Å². The Morgan fingerprint density at radius 2 is 2.29 bits per heavy atom. The first kappa shape index (κ1) is 9.71. The molecule has 1 heterocycles. The Hall–Kier alpha value is -0.830. The standard InChI is InChI=1S/C11H19N3/c1-4-14-6-5-13-10(14)9-8(7-12)11(9,2)3/h5-6,8-9H,4,7,12H2,1-3H3. The van der Waals surface area contributed by atoms with E-state index in [0.717, 1.165) is 13.1 Å². The third kappa shape index (κ3) is 1.19. The Balaban J connectivity index is 2.26. The van der Waals surface area contributed by atoms with Gasteiger partial charge in [0, 0.05) is 24.9 Å². The van der Waals surface area contributed by atoms with E-state index in [2.05, 4.69) is 36.5 Å². The second kappa shape index (κ2) is 3.09. The number of aryl methyl sites for hydroxylation is 1. The van der Waals surface area contributed by atoms with Crippen molar-refractivity contribution in [2.24, 2.45) is 17.1 Å². The van der Waals surface area contributed by atoms with Crippen LogP contribution in [0.4, 0.5) is 0 Å². The molecule has 2 rings (SSSR count). The van der Waals surface area contributed by atoms with Gasteiger partial charge in [-0.1, -0.05) is 13.8 Å². The predicted molar refractivity (Wildman–Crippen MR) is 57.0 cm³/mol. The number of nitrogens with zero attached hydrogens (tertiary/aromatic N) is 2. The Bertz CT molecular complexity index is 327. The highest BCUT2D eigenvalue weighted by Crippen LogP contribution is 2.63. The van der Waals surface area contributed by atoms with E-state index in [-0.39, 0.29) is 0 Å². The third-order valence-corrected chi connectivity index (χ3v) is 3.67. The van der Waals surface area contributed by atoms with E-state index >= 15 is 0 Å². The SMILES string of the molecule is CCn1ccnc1C1C(CN)C1(C)C. The fraction of sp³-hybridized carbons (Fsp3) is 0.727. The van der Waals surface area contributed by atoms with Crippen LogP contribution in [0, 0.1) is 11.3 Å². The average molecular weight is 193 g/mol. The molecule has 0 bridgehead atoms. The van der Waals surface area contributed by atoms with E-state index in [0.29, 0.717) is 17.3 Å². The maximum atomic E-state index is 5.76. The van der Waals surface area contributed by atoms with E-state index in [4.69, 9.17) is 5.73 Å². The number of aromatic nitrogens is 2. The summed E-state index contributed by atoms with van der Waals surface area (Å²) in [5.41, 5.74) is 6.10. The minimum absolute atomic E-state index is 0.340. The molecule has 0 amide bonds. The summed E-state index contributed by atoms with van der Waals surface area (Å²) in [6.07, 6.45) is 3.94. The predicted octanol–water partition coefficient (Wildman–Crippen LogP) is 1.60. The van der Waals surface area contributed by atoms with Crippen molar-refractivity contribution in [3.8, 4) is 0 Å². The number of rotatable bonds is 3. The molecule has 3 heteroatoms. The molecule has 0 aromatic carbocycles. The summed E-state index contributed by atoms with van der Waals surface area (Å²) in [6.45, 7) is 8.49. The molecular formula is C11H19N3. The quantitative estimate of drug-likeness (QED) is 0.792. The van der Waals surface area contributed by atoms with Gasteiger partial charge in [-0.15, -0.1) is 0 Å². The first-order chi connectivity index (χ1) is 6.62. The van der Waals surface area contributed by atoms with Gasteiger partial charge in [0.2, 0.25) is 0 Å². The van der Waals surface area contributed by atoms with Gasteiger partial charge in [0.15, 0.2) is 0 Å². The highest BCUT2D eigenvalue weighted by atomic mass is 15.1. The number of imidazole rings is 1. The highest BCUT2D eigenvalue weighted by Gasteiger charge is 2.59. The topological polar surface area (TPSA) is 43.8 Å². The maximum absolute atomic E-state index is 5.76. The van der Waals surface area contributed by atoms with Crippen molar-refractivity contribution < 1.29 is 0 Å². The van der Waals surface area contributed by atoms with Crippen molar-refractivity contribution in [1.82, 2.24) is 9.55 Å². The summed E-state index contributed by atoms with van der Waals surface area (Å²) in [5, 5.41) is 0. The zero-order valence-corrected chi connectivity index (χ0v) is 9.20. The molecule has 2 N–H and O–H groups in total. The molecule has 2 unspecified atom stereocenters. The summed E-state index contributed by atoms with van der Waals surface area (Å²) >= 11 is 0. The maximum Gasteiger partial charge on any atom is 0.112 e. The molecule has 0 saturated heterocycles. The van der Waals surface area contributed by atoms with Crippen LogP contribution in [0.25, 0.3) is 0 Å². The van der Waals surface area contributed by atoms with E-state index in [1.165, 1.54) is 5.82 Å². The van der Waals surface area contributed by atoms with Crippen molar-refractivity contribution >= 4 is 0 Å². The molecule has 0 spiro atoms. The zero-order chi connectivity index (χ0) is 10.3. The van der Waals surface area contributed by atoms with Crippen LogP contribution in [0.1, 0.15) is 32.5 Å². The van der Waals surface area contributed by atoms with Crippen LogP contribution in [0.3, 0.4) is 0 Å². The van der Waals surface area contributed by atoms with Crippen molar-refractivity contribution in [3.63, 3.8) is 0 Å². The molecule has 2 atom stereocenters. The molecular weight excluding hydrogens is 174 g/mol. The molecule has 1 saturated carbocycles. The Morgan fingerprint density at radius 3 is 2.79 bits per heavy atom.